The summed E-state index contributed by atoms with van der Waals surface area (Å²) in [6.07, 6.45) is -0.368. The molecule has 5 heteroatoms. The molecular formula is C8H16BrNO3. The zero-order chi connectivity index (χ0) is 9.68. The summed E-state index contributed by atoms with van der Waals surface area (Å²) >= 11 is 3.21. The average Bonchev–Trinajstić information content (AvgIpc) is 2.18. The Hall–Kier alpha value is 0.320. The van der Waals surface area contributed by atoms with Crippen LogP contribution in [0.2, 0.25) is 0 Å². The molecule has 0 aliphatic carbocycles. The van der Waals surface area contributed by atoms with Gasteiger partial charge in [0.25, 0.3) is 0 Å². The van der Waals surface area contributed by atoms with Gasteiger partial charge in [0.2, 0.25) is 0 Å². The van der Waals surface area contributed by atoms with Gasteiger partial charge >= 0.3 is 0 Å². The standard InChI is InChI=1S/C8H16BrNO3/c9-3-8(12)4-10-1-2-13-6-7(10)5-11/h7-8,11-12H,1-6H2. The maximum Gasteiger partial charge on any atom is 0.0763 e. The van der Waals surface area contributed by atoms with Crippen molar-refractivity contribution >= 4 is 15.9 Å². The van der Waals surface area contributed by atoms with Crippen LogP contribution in [0.1, 0.15) is 0 Å². The van der Waals surface area contributed by atoms with Gasteiger partial charge in [-0.15, -0.1) is 0 Å². The van der Waals surface area contributed by atoms with Crippen molar-refractivity contribution in [2.45, 2.75) is 12.1 Å². The van der Waals surface area contributed by atoms with Gasteiger partial charge < -0.3 is 14.9 Å². The maximum atomic E-state index is 9.41. The highest BCUT2D eigenvalue weighted by Crippen LogP contribution is 2.07. The van der Waals surface area contributed by atoms with E-state index in [1.807, 2.05) is 0 Å². The van der Waals surface area contributed by atoms with Crippen LogP contribution in [0.3, 0.4) is 0 Å². The lowest BCUT2D eigenvalue weighted by Gasteiger charge is -2.35. The van der Waals surface area contributed by atoms with E-state index >= 15 is 0 Å². The summed E-state index contributed by atoms with van der Waals surface area (Å²) in [5.41, 5.74) is 0. The fourth-order valence-corrected chi connectivity index (χ4v) is 1.62. The second kappa shape index (κ2) is 5.93. The molecule has 1 aliphatic heterocycles. The zero-order valence-corrected chi connectivity index (χ0v) is 9.11. The van der Waals surface area contributed by atoms with Gasteiger partial charge in [-0.25, -0.2) is 0 Å². The molecule has 0 aromatic rings. The number of nitrogens with zero attached hydrogens (tertiary/aromatic N) is 1. The van der Waals surface area contributed by atoms with Gasteiger partial charge in [-0.2, -0.15) is 0 Å². The predicted octanol–water partition coefficient (Wildman–Crippen LogP) is -0.565. The fraction of sp³-hybridized carbons (Fsp3) is 1.00. The van der Waals surface area contributed by atoms with Gasteiger partial charge in [0.1, 0.15) is 0 Å². The van der Waals surface area contributed by atoms with E-state index in [1.165, 1.54) is 0 Å². The SMILES string of the molecule is OCC1COCCN1CC(O)CBr. The lowest BCUT2D eigenvalue weighted by atomic mass is 10.2. The fourth-order valence-electron chi connectivity index (χ4n) is 1.42. The van der Waals surface area contributed by atoms with Crippen LogP contribution in [-0.2, 0) is 4.74 Å². The van der Waals surface area contributed by atoms with Crippen LogP contribution >= 0.6 is 15.9 Å². The molecule has 0 spiro atoms. The molecule has 1 aliphatic rings. The van der Waals surface area contributed by atoms with E-state index in [0.717, 1.165) is 6.54 Å². The Bertz CT molecular complexity index is 147. The highest BCUT2D eigenvalue weighted by molar-refractivity contribution is 9.09. The number of rotatable bonds is 4. The van der Waals surface area contributed by atoms with Crippen LogP contribution in [0.4, 0.5) is 0 Å². The Balaban J connectivity index is 2.35. The molecule has 2 atom stereocenters. The van der Waals surface area contributed by atoms with Crippen LogP contribution in [0.15, 0.2) is 0 Å². The first-order chi connectivity index (χ1) is 6.27. The van der Waals surface area contributed by atoms with E-state index in [-0.39, 0.29) is 18.8 Å². The highest BCUT2D eigenvalue weighted by atomic mass is 79.9. The van der Waals surface area contributed by atoms with Crippen molar-refractivity contribution in [2.75, 3.05) is 38.2 Å². The second-order valence-electron chi connectivity index (χ2n) is 3.21. The molecule has 78 valence electrons. The summed E-state index contributed by atoms with van der Waals surface area (Å²) in [6, 6.07) is 0.0439. The van der Waals surface area contributed by atoms with E-state index in [1.54, 1.807) is 0 Å². The third-order valence-electron chi connectivity index (χ3n) is 2.18. The minimum absolute atomic E-state index is 0.0439. The molecule has 0 amide bonds. The quantitative estimate of drug-likeness (QED) is 0.660. The van der Waals surface area contributed by atoms with Crippen LogP contribution < -0.4 is 0 Å². The number of hydrogen-bond acceptors (Lipinski definition) is 4. The molecular weight excluding hydrogens is 238 g/mol. The van der Waals surface area contributed by atoms with E-state index < -0.39 is 0 Å². The smallest absolute Gasteiger partial charge is 0.0763 e. The van der Waals surface area contributed by atoms with Crippen LogP contribution in [0.5, 0.6) is 0 Å². The van der Waals surface area contributed by atoms with Crippen LogP contribution in [0.25, 0.3) is 0 Å². The lowest BCUT2D eigenvalue weighted by Crippen LogP contribution is -2.50. The number of β-amino-alcohol motifs (C(OH)–C–C–N with tert-alkyl or cyclic N) is 1. The first-order valence-corrected chi connectivity index (χ1v) is 5.56. The van der Waals surface area contributed by atoms with Crippen molar-refractivity contribution in [1.29, 1.82) is 0 Å². The molecule has 0 bridgehead atoms. The molecule has 1 rings (SSSR count). The Morgan fingerprint density at radius 2 is 2.38 bits per heavy atom. The molecule has 4 nitrogen and oxygen atoms in total. The molecule has 0 aromatic heterocycles. The lowest BCUT2D eigenvalue weighted by molar-refractivity contribution is -0.0405. The Morgan fingerprint density at radius 1 is 1.62 bits per heavy atom. The number of morpholine rings is 1. The van der Waals surface area contributed by atoms with E-state index in [4.69, 9.17) is 9.84 Å². The van der Waals surface area contributed by atoms with Crippen molar-refractivity contribution < 1.29 is 14.9 Å². The van der Waals surface area contributed by atoms with E-state index in [2.05, 4.69) is 20.8 Å². The monoisotopic (exact) mass is 253 g/mol. The highest BCUT2D eigenvalue weighted by Gasteiger charge is 2.23. The van der Waals surface area contributed by atoms with Crippen molar-refractivity contribution in [3.05, 3.63) is 0 Å². The van der Waals surface area contributed by atoms with Gasteiger partial charge in [0, 0.05) is 18.4 Å². The van der Waals surface area contributed by atoms with E-state index in [0.29, 0.717) is 25.1 Å². The average molecular weight is 254 g/mol. The Labute approximate surface area is 86.6 Å². The van der Waals surface area contributed by atoms with Crippen LogP contribution in [0, 0.1) is 0 Å². The minimum atomic E-state index is -0.368. The Kier molecular flexibility index (Phi) is 5.20. The molecule has 2 N–H and O–H groups in total. The predicted molar refractivity (Wildman–Crippen MR) is 53.1 cm³/mol. The summed E-state index contributed by atoms with van der Waals surface area (Å²) < 4.78 is 5.22. The number of hydrogen-bond donors (Lipinski definition) is 2. The first kappa shape index (κ1) is 11.4. The van der Waals surface area contributed by atoms with Gasteiger partial charge in [-0.1, -0.05) is 15.9 Å². The topological polar surface area (TPSA) is 52.9 Å². The number of aliphatic hydroxyl groups is 2. The summed E-state index contributed by atoms with van der Waals surface area (Å²) in [4.78, 5) is 2.06. The molecule has 1 fully saturated rings. The van der Waals surface area contributed by atoms with Crippen molar-refractivity contribution in [3.63, 3.8) is 0 Å². The second-order valence-corrected chi connectivity index (χ2v) is 3.86. The zero-order valence-electron chi connectivity index (χ0n) is 7.53. The maximum absolute atomic E-state index is 9.41. The van der Waals surface area contributed by atoms with E-state index in [9.17, 15) is 5.11 Å². The molecule has 13 heavy (non-hydrogen) atoms. The molecule has 2 unspecified atom stereocenters. The molecule has 1 heterocycles. The summed E-state index contributed by atoms with van der Waals surface area (Å²) in [7, 11) is 0. The number of alkyl halides is 1. The molecule has 1 saturated heterocycles. The molecule has 0 aromatic carbocycles. The largest absolute Gasteiger partial charge is 0.395 e. The summed E-state index contributed by atoms with van der Waals surface area (Å²) in [5.74, 6) is 0. The third-order valence-corrected chi connectivity index (χ3v) is 2.93. The molecule has 0 radical (unpaired) electrons. The van der Waals surface area contributed by atoms with Gasteiger partial charge in [-0.05, 0) is 0 Å². The Morgan fingerprint density at radius 3 is 3.00 bits per heavy atom. The molecule has 0 saturated carbocycles. The number of ether oxygens (including phenoxy) is 1. The minimum Gasteiger partial charge on any atom is -0.395 e. The van der Waals surface area contributed by atoms with Crippen molar-refractivity contribution in [2.24, 2.45) is 0 Å². The number of halogens is 1. The number of aliphatic hydroxyl groups excluding tert-OH is 2. The van der Waals surface area contributed by atoms with Gasteiger partial charge in [0.05, 0.1) is 32.0 Å². The first-order valence-electron chi connectivity index (χ1n) is 4.44. The summed E-state index contributed by atoms with van der Waals surface area (Å²) in [6.45, 7) is 2.72. The summed E-state index contributed by atoms with van der Waals surface area (Å²) in [5, 5.41) is 19.0. The third kappa shape index (κ3) is 3.52. The van der Waals surface area contributed by atoms with Crippen molar-refractivity contribution in [3.8, 4) is 0 Å². The van der Waals surface area contributed by atoms with Gasteiger partial charge in [-0.3, -0.25) is 4.90 Å². The van der Waals surface area contributed by atoms with Crippen molar-refractivity contribution in [1.82, 2.24) is 4.90 Å². The van der Waals surface area contributed by atoms with Gasteiger partial charge in [0.15, 0.2) is 0 Å². The van der Waals surface area contributed by atoms with Crippen LogP contribution in [-0.4, -0.2) is 65.5 Å². The normalized spacial score (nSPS) is 27.5.